The smallest absolute Gasteiger partial charge is 0.191 e. The molecule has 1 aliphatic heterocycles. The predicted octanol–water partition coefficient (Wildman–Crippen LogP) is 3.38. The second kappa shape index (κ2) is 12.5. The second-order valence-electron chi connectivity index (χ2n) is 7.86. The van der Waals surface area contributed by atoms with Crippen LogP contribution in [0.1, 0.15) is 26.3 Å². The highest BCUT2D eigenvalue weighted by atomic mass is 127. The summed E-state index contributed by atoms with van der Waals surface area (Å²) in [5.74, 6) is 1.16. The number of fused-ring (bicyclic) bond motifs is 1. The summed E-state index contributed by atoms with van der Waals surface area (Å²) in [5, 5.41) is 7.85. The zero-order valence-corrected chi connectivity index (χ0v) is 20.5. The molecule has 3 rings (SSSR count). The molecular weight excluding hydrogens is 496 g/mol. The van der Waals surface area contributed by atoms with Gasteiger partial charge in [0.15, 0.2) is 5.96 Å². The summed E-state index contributed by atoms with van der Waals surface area (Å²) in [4.78, 5) is 10.5. The SMILES string of the molecule is CCNC(=NCC(C(C)C)N1CCOCC1)NCCc1c[nH]c2cc(F)ccc12.I. The van der Waals surface area contributed by atoms with Crippen molar-refractivity contribution < 1.29 is 9.13 Å². The van der Waals surface area contributed by atoms with Crippen LogP contribution in [0.4, 0.5) is 4.39 Å². The van der Waals surface area contributed by atoms with Crippen molar-refractivity contribution >= 4 is 40.8 Å². The Labute approximate surface area is 196 Å². The first-order valence-corrected chi connectivity index (χ1v) is 10.7. The predicted molar refractivity (Wildman–Crippen MR) is 132 cm³/mol. The van der Waals surface area contributed by atoms with Gasteiger partial charge in [-0.25, -0.2) is 4.39 Å². The van der Waals surface area contributed by atoms with Crippen molar-refractivity contribution in [1.29, 1.82) is 0 Å². The Kier molecular flexibility index (Phi) is 10.3. The van der Waals surface area contributed by atoms with Crippen molar-refractivity contribution in [3.8, 4) is 0 Å². The monoisotopic (exact) mass is 531 g/mol. The number of rotatable bonds is 8. The Morgan fingerprint density at radius 1 is 1.27 bits per heavy atom. The second-order valence-corrected chi connectivity index (χ2v) is 7.86. The molecule has 1 fully saturated rings. The minimum Gasteiger partial charge on any atom is -0.379 e. The minimum atomic E-state index is -0.217. The van der Waals surface area contributed by atoms with Crippen molar-refractivity contribution in [1.82, 2.24) is 20.5 Å². The van der Waals surface area contributed by atoms with Crippen LogP contribution in [0, 0.1) is 11.7 Å². The van der Waals surface area contributed by atoms with E-state index in [4.69, 9.17) is 9.73 Å². The van der Waals surface area contributed by atoms with Crippen LogP contribution in [0.25, 0.3) is 10.9 Å². The Morgan fingerprint density at radius 3 is 2.73 bits per heavy atom. The van der Waals surface area contributed by atoms with Gasteiger partial charge < -0.3 is 20.4 Å². The molecule has 8 heteroatoms. The van der Waals surface area contributed by atoms with Crippen LogP contribution in [0.3, 0.4) is 0 Å². The van der Waals surface area contributed by atoms with Crippen LogP contribution in [-0.2, 0) is 11.2 Å². The number of guanidine groups is 1. The number of halogens is 2. The van der Waals surface area contributed by atoms with Gasteiger partial charge in [0, 0.05) is 49.3 Å². The molecule has 0 radical (unpaired) electrons. The third-order valence-corrected chi connectivity index (χ3v) is 5.48. The maximum atomic E-state index is 13.4. The Balaban J connectivity index is 0.00000320. The van der Waals surface area contributed by atoms with Gasteiger partial charge in [0.1, 0.15) is 5.82 Å². The average molecular weight is 531 g/mol. The van der Waals surface area contributed by atoms with Crippen molar-refractivity contribution in [2.24, 2.45) is 10.9 Å². The van der Waals surface area contributed by atoms with Gasteiger partial charge in [-0.3, -0.25) is 9.89 Å². The highest BCUT2D eigenvalue weighted by Crippen LogP contribution is 2.19. The van der Waals surface area contributed by atoms with E-state index in [1.54, 1.807) is 0 Å². The molecule has 0 aliphatic carbocycles. The van der Waals surface area contributed by atoms with E-state index in [0.717, 1.165) is 69.2 Å². The molecule has 1 aromatic heterocycles. The molecule has 1 atom stereocenters. The third kappa shape index (κ3) is 6.81. The normalized spacial score (nSPS) is 16.5. The highest BCUT2D eigenvalue weighted by Gasteiger charge is 2.23. The molecule has 1 aromatic carbocycles. The van der Waals surface area contributed by atoms with E-state index in [1.807, 2.05) is 12.3 Å². The van der Waals surface area contributed by atoms with Gasteiger partial charge in [-0.1, -0.05) is 13.8 Å². The summed E-state index contributed by atoms with van der Waals surface area (Å²) in [6.45, 7) is 12.5. The minimum absolute atomic E-state index is 0. The van der Waals surface area contributed by atoms with E-state index in [0.29, 0.717) is 12.0 Å². The molecule has 2 aromatic rings. The number of nitrogens with one attached hydrogen (secondary N) is 3. The molecule has 2 heterocycles. The van der Waals surface area contributed by atoms with Crippen LogP contribution in [0.15, 0.2) is 29.4 Å². The zero-order chi connectivity index (χ0) is 20.6. The van der Waals surface area contributed by atoms with Crippen molar-refractivity contribution in [3.63, 3.8) is 0 Å². The fourth-order valence-corrected chi connectivity index (χ4v) is 3.86. The molecule has 1 aliphatic rings. The lowest BCUT2D eigenvalue weighted by molar-refractivity contribution is 0.00867. The number of H-pyrrole nitrogens is 1. The number of hydrogen-bond donors (Lipinski definition) is 3. The van der Waals surface area contributed by atoms with E-state index in [-0.39, 0.29) is 29.8 Å². The van der Waals surface area contributed by atoms with Crippen LogP contribution >= 0.6 is 24.0 Å². The first kappa shape index (κ1) is 24.9. The van der Waals surface area contributed by atoms with E-state index in [1.165, 1.54) is 17.7 Å². The number of morpholine rings is 1. The van der Waals surface area contributed by atoms with Gasteiger partial charge in [-0.15, -0.1) is 24.0 Å². The number of aliphatic imine (C=N–C) groups is 1. The lowest BCUT2D eigenvalue weighted by Gasteiger charge is -2.36. The lowest BCUT2D eigenvalue weighted by atomic mass is 10.0. The summed E-state index contributed by atoms with van der Waals surface area (Å²) in [6, 6.07) is 5.30. The molecule has 0 bridgehead atoms. The fraction of sp³-hybridized carbons (Fsp3) is 0.591. The third-order valence-electron chi connectivity index (χ3n) is 5.48. The maximum absolute atomic E-state index is 13.4. The zero-order valence-electron chi connectivity index (χ0n) is 18.2. The molecule has 1 saturated heterocycles. The van der Waals surface area contributed by atoms with Gasteiger partial charge in [0.2, 0.25) is 0 Å². The van der Waals surface area contributed by atoms with Gasteiger partial charge in [-0.2, -0.15) is 0 Å². The van der Waals surface area contributed by atoms with Crippen molar-refractivity contribution in [2.45, 2.75) is 33.2 Å². The van der Waals surface area contributed by atoms with E-state index in [9.17, 15) is 4.39 Å². The maximum Gasteiger partial charge on any atom is 0.191 e. The molecule has 0 amide bonds. The quantitative estimate of drug-likeness (QED) is 0.278. The van der Waals surface area contributed by atoms with E-state index < -0.39 is 0 Å². The lowest BCUT2D eigenvalue weighted by Crippen LogP contribution is -2.48. The van der Waals surface area contributed by atoms with Crippen LogP contribution < -0.4 is 10.6 Å². The summed E-state index contributed by atoms with van der Waals surface area (Å²) in [5.41, 5.74) is 2.02. The van der Waals surface area contributed by atoms with E-state index >= 15 is 0 Å². The van der Waals surface area contributed by atoms with Crippen LogP contribution in [-0.4, -0.2) is 67.8 Å². The van der Waals surface area contributed by atoms with Crippen LogP contribution in [0.5, 0.6) is 0 Å². The Bertz CT molecular complexity index is 804. The standard InChI is InChI=1S/C22H34FN5O.HI/c1-4-24-22(27-15-21(16(2)3)28-9-11-29-12-10-28)25-8-7-17-14-26-20-13-18(23)5-6-19(17)20;/h5-6,13-14,16,21,26H,4,7-12,15H2,1-3H3,(H2,24,25,27);1H. The largest absolute Gasteiger partial charge is 0.379 e. The number of ether oxygens (including phenoxy) is 1. The summed E-state index contributed by atoms with van der Waals surface area (Å²) < 4.78 is 18.9. The molecule has 0 saturated carbocycles. The van der Waals surface area contributed by atoms with Crippen molar-refractivity contribution in [3.05, 3.63) is 35.8 Å². The van der Waals surface area contributed by atoms with Gasteiger partial charge >= 0.3 is 0 Å². The van der Waals surface area contributed by atoms with Gasteiger partial charge in [0.05, 0.1) is 19.8 Å². The molecular formula is C22H35FIN5O. The van der Waals surface area contributed by atoms with Gasteiger partial charge in [-0.05, 0) is 43.0 Å². The Hall–Kier alpha value is -1.39. The van der Waals surface area contributed by atoms with Crippen LogP contribution in [0.2, 0.25) is 0 Å². The molecule has 1 unspecified atom stereocenters. The summed E-state index contributed by atoms with van der Waals surface area (Å²) in [7, 11) is 0. The number of hydrogen-bond acceptors (Lipinski definition) is 3. The summed E-state index contributed by atoms with van der Waals surface area (Å²) >= 11 is 0. The average Bonchev–Trinajstić information content (AvgIpc) is 3.10. The Morgan fingerprint density at radius 2 is 2.03 bits per heavy atom. The first-order chi connectivity index (χ1) is 14.1. The van der Waals surface area contributed by atoms with Gasteiger partial charge in [0.25, 0.3) is 0 Å². The highest BCUT2D eigenvalue weighted by molar-refractivity contribution is 14.0. The topological polar surface area (TPSA) is 64.7 Å². The molecule has 3 N–H and O–H groups in total. The van der Waals surface area contributed by atoms with Crippen molar-refractivity contribution in [2.75, 3.05) is 45.9 Å². The number of aromatic amines is 1. The molecule has 168 valence electrons. The number of benzene rings is 1. The number of aromatic nitrogens is 1. The number of nitrogens with zero attached hydrogens (tertiary/aromatic N) is 2. The fourth-order valence-electron chi connectivity index (χ4n) is 3.86. The van der Waals surface area contributed by atoms with E-state index in [2.05, 4.69) is 41.3 Å². The molecule has 30 heavy (non-hydrogen) atoms. The first-order valence-electron chi connectivity index (χ1n) is 10.7. The molecule has 0 spiro atoms. The molecule has 6 nitrogen and oxygen atoms in total. The summed E-state index contributed by atoms with van der Waals surface area (Å²) in [6.07, 6.45) is 2.80.